The molecule has 132 valence electrons. The highest BCUT2D eigenvalue weighted by molar-refractivity contribution is 7.89. The standard InChI is InChI=1S/C16H23N3O4S/c1-12-3-4-14(13(2)11-12)24(22,23)19-9-7-18(8-10-19)16(21)6-5-15(17)20/h3-4,11H,5-10H2,1-2H3,(H2,17,20). The molecule has 0 aliphatic carbocycles. The first-order chi connectivity index (χ1) is 11.2. The number of aryl methyl sites for hydroxylation is 2. The molecule has 1 saturated heterocycles. The molecule has 7 nitrogen and oxygen atoms in total. The van der Waals surface area contributed by atoms with Gasteiger partial charge in [-0.25, -0.2) is 8.42 Å². The Morgan fingerprint density at radius 3 is 2.25 bits per heavy atom. The van der Waals surface area contributed by atoms with E-state index in [1.54, 1.807) is 24.0 Å². The molecule has 1 aromatic carbocycles. The van der Waals surface area contributed by atoms with Gasteiger partial charge in [-0.3, -0.25) is 9.59 Å². The van der Waals surface area contributed by atoms with E-state index in [2.05, 4.69) is 0 Å². The lowest BCUT2D eigenvalue weighted by atomic mass is 10.2. The summed E-state index contributed by atoms with van der Waals surface area (Å²) in [6, 6.07) is 5.25. The SMILES string of the molecule is Cc1ccc(S(=O)(=O)N2CCN(C(=O)CCC(N)=O)CC2)c(C)c1. The van der Waals surface area contributed by atoms with Crippen molar-refractivity contribution in [1.82, 2.24) is 9.21 Å². The maximum atomic E-state index is 12.8. The minimum Gasteiger partial charge on any atom is -0.370 e. The van der Waals surface area contributed by atoms with Crippen molar-refractivity contribution in [3.63, 3.8) is 0 Å². The minimum atomic E-state index is -3.56. The molecule has 2 amide bonds. The first-order valence-corrected chi connectivity index (χ1v) is 9.29. The zero-order valence-corrected chi connectivity index (χ0v) is 14.8. The van der Waals surface area contributed by atoms with Crippen molar-refractivity contribution < 1.29 is 18.0 Å². The van der Waals surface area contributed by atoms with E-state index >= 15 is 0 Å². The summed E-state index contributed by atoms with van der Waals surface area (Å²) < 4.78 is 26.9. The summed E-state index contributed by atoms with van der Waals surface area (Å²) in [5.74, 6) is -0.684. The van der Waals surface area contributed by atoms with Crippen LogP contribution in [-0.4, -0.2) is 55.6 Å². The molecule has 0 bridgehead atoms. The number of hydrogen-bond donors (Lipinski definition) is 1. The Kier molecular flexibility index (Phi) is 5.61. The van der Waals surface area contributed by atoms with E-state index in [0.29, 0.717) is 18.0 Å². The van der Waals surface area contributed by atoms with Crippen LogP contribution in [-0.2, 0) is 19.6 Å². The number of carbonyl (C=O) groups excluding carboxylic acids is 2. The lowest BCUT2D eigenvalue weighted by molar-refractivity contribution is -0.134. The van der Waals surface area contributed by atoms with Gasteiger partial charge in [0.1, 0.15) is 0 Å². The molecule has 8 heteroatoms. The van der Waals surface area contributed by atoms with Crippen LogP contribution in [0.25, 0.3) is 0 Å². The van der Waals surface area contributed by atoms with E-state index in [1.807, 2.05) is 13.0 Å². The van der Waals surface area contributed by atoms with Gasteiger partial charge >= 0.3 is 0 Å². The highest BCUT2D eigenvalue weighted by atomic mass is 32.2. The molecule has 1 heterocycles. The summed E-state index contributed by atoms with van der Waals surface area (Å²) in [6.07, 6.45) is 0.0824. The van der Waals surface area contributed by atoms with Gasteiger partial charge < -0.3 is 10.6 Å². The van der Waals surface area contributed by atoms with Gasteiger partial charge in [-0.2, -0.15) is 4.31 Å². The second-order valence-corrected chi connectivity index (χ2v) is 7.93. The van der Waals surface area contributed by atoms with Gasteiger partial charge in [0.2, 0.25) is 21.8 Å². The van der Waals surface area contributed by atoms with Crippen LogP contribution in [0.5, 0.6) is 0 Å². The fourth-order valence-electron chi connectivity index (χ4n) is 2.79. The average Bonchev–Trinajstić information content (AvgIpc) is 2.52. The Balaban J connectivity index is 2.03. The summed E-state index contributed by atoms with van der Waals surface area (Å²) in [4.78, 5) is 24.6. The van der Waals surface area contributed by atoms with E-state index in [-0.39, 0.29) is 31.8 Å². The molecule has 2 N–H and O–H groups in total. The number of piperazine rings is 1. The quantitative estimate of drug-likeness (QED) is 0.828. The van der Waals surface area contributed by atoms with Crippen LogP contribution in [0.15, 0.2) is 23.1 Å². The molecule has 0 atom stereocenters. The molecule has 0 spiro atoms. The van der Waals surface area contributed by atoms with E-state index in [1.165, 1.54) is 4.31 Å². The van der Waals surface area contributed by atoms with Gasteiger partial charge in [0.25, 0.3) is 0 Å². The van der Waals surface area contributed by atoms with Crippen LogP contribution in [0.4, 0.5) is 0 Å². The Bertz CT molecular complexity index is 738. The van der Waals surface area contributed by atoms with E-state index in [9.17, 15) is 18.0 Å². The van der Waals surface area contributed by atoms with Gasteiger partial charge in [-0.1, -0.05) is 17.7 Å². The molecule has 24 heavy (non-hydrogen) atoms. The lowest BCUT2D eigenvalue weighted by Crippen LogP contribution is -2.50. The lowest BCUT2D eigenvalue weighted by Gasteiger charge is -2.34. The van der Waals surface area contributed by atoms with Crippen molar-refractivity contribution in [2.24, 2.45) is 5.73 Å². The van der Waals surface area contributed by atoms with Crippen LogP contribution in [0, 0.1) is 13.8 Å². The number of nitrogens with zero attached hydrogens (tertiary/aromatic N) is 2. The Morgan fingerprint density at radius 1 is 1.08 bits per heavy atom. The van der Waals surface area contributed by atoms with Crippen molar-refractivity contribution in [2.45, 2.75) is 31.6 Å². The fraction of sp³-hybridized carbons (Fsp3) is 0.500. The molecular formula is C16H23N3O4S. The van der Waals surface area contributed by atoms with Crippen molar-refractivity contribution in [3.05, 3.63) is 29.3 Å². The molecule has 1 fully saturated rings. The predicted molar refractivity (Wildman–Crippen MR) is 89.7 cm³/mol. The highest BCUT2D eigenvalue weighted by Crippen LogP contribution is 2.22. The Labute approximate surface area is 142 Å². The first-order valence-electron chi connectivity index (χ1n) is 7.85. The molecule has 1 aliphatic rings. The minimum absolute atomic E-state index is 0.0138. The van der Waals surface area contributed by atoms with Crippen LogP contribution < -0.4 is 5.73 Å². The van der Waals surface area contributed by atoms with E-state index < -0.39 is 15.9 Å². The normalized spacial score (nSPS) is 16.2. The number of primary amides is 1. The van der Waals surface area contributed by atoms with Gasteiger partial charge in [-0.05, 0) is 25.5 Å². The van der Waals surface area contributed by atoms with Crippen molar-refractivity contribution >= 4 is 21.8 Å². The Morgan fingerprint density at radius 2 is 1.71 bits per heavy atom. The molecule has 0 radical (unpaired) electrons. The summed E-state index contributed by atoms with van der Waals surface area (Å²) in [7, 11) is -3.56. The number of hydrogen-bond acceptors (Lipinski definition) is 4. The topological polar surface area (TPSA) is 101 Å². The van der Waals surface area contributed by atoms with Crippen LogP contribution in [0.3, 0.4) is 0 Å². The zero-order chi connectivity index (χ0) is 17.9. The van der Waals surface area contributed by atoms with Gasteiger partial charge in [-0.15, -0.1) is 0 Å². The smallest absolute Gasteiger partial charge is 0.243 e. The number of carbonyl (C=O) groups is 2. The van der Waals surface area contributed by atoms with Crippen LogP contribution in [0.2, 0.25) is 0 Å². The number of sulfonamides is 1. The number of rotatable bonds is 5. The van der Waals surface area contributed by atoms with Crippen molar-refractivity contribution in [2.75, 3.05) is 26.2 Å². The maximum Gasteiger partial charge on any atom is 0.243 e. The highest BCUT2D eigenvalue weighted by Gasteiger charge is 2.30. The molecule has 1 aromatic rings. The number of amides is 2. The van der Waals surface area contributed by atoms with Crippen LogP contribution in [0.1, 0.15) is 24.0 Å². The summed E-state index contributed by atoms with van der Waals surface area (Å²) in [5.41, 5.74) is 6.77. The monoisotopic (exact) mass is 353 g/mol. The zero-order valence-electron chi connectivity index (χ0n) is 14.0. The molecule has 1 aliphatic heterocycles. The third-order valence-corrected chi connectivity index (χ3v) is 6.18. The van der Waals surface area contributed by atoms with Gasteiger partial charge in [0.15, 0.2) is 0 Å². The van der Waals surface area contributed by atoms with Crippen LogP contribution >= 0.6 is 0 Å². The molecule has 0 unspecified atom stereocenters. The molecular weight excluding hydrogens is 330 g/mol. The first kappa shape index (κ1) is 18.4. The maximum absolute atomic E-state index is 12.8. The van der Waals surface area contributed by atoms with Gasteiger partial charge in [0.05, 0.1) is 4.90 Å². The fourth-order valence-corrected chi connectivity index (χ4v) is 4.42. The summed E-state index contributed by atoms with van der Waals surface area (Å²) >= 11 is 0. The number of nitrogens with two attached hydrogens (primary N) is 1. The van der Waals surface area contributed by atoms with Crippen molar-refractivity contribution in [3.8, 4) is 0 Å². The average molecular weight is 353 g/mol. The third kappa shape index (κ3) is 4.12. The largest absolute Gasteiger partial charge is 0.370 e. The summed E-state index contributed by atoms with van der Waals surface area (Å²) in [6.45, 7) is 4.84. The Hall–Kier alpha value is -1.93. The molecule has 0 saturated carbocycles. The third-order valence-electron chi connectivity index (χ3n) is 4.12. The second kappa shape index (κ2) is 7.31. The van der Waals surface area contributed by atoms with Crippen molar-refractivity contribution in [1.29, 1.82) is 0 Å². The summed E-state index contributed by atoms with van der Waals surface area (Å²) in [5, 5.41) is 0. The molecule has 0 aromatic heterocycles. The number of benzene rings is 1. The van der Waals surface area contributed by atoms with E-state index in [0.717, 1.165) is 11.1 Å². The molecule has 2 rings (SSSR count). The predicted octanol–water partition coefficient (Wildman–Crippen LogP) is 0.402. The van der Waals surface area contributed by atoms with Gasteiger partial charge in [0, 0.05) is 39.0 Å². The van der Waals surface area contributed by atoms with E-state index in [4.69, 9.17) is 5.73 Å². The second-order valence-electron chi connectivity index (χ2n) is 6.02.